The van der Waals surface area contributed by atoms with Gasteiger partial charge < -0.3 is 5.32 Å². The van der Waals surface area contributed by atoms with Crippen LogP contribution in [0.5, 0.6) is 0 Å². The lowest BCUT2D eigenvalue weighted by atomic mass is 9.95. The number of hydrogen-bond donors (Lipinski definition) is 1. The predicted octanol–water partition coefficient (Wildman–Crippen LogP) is 2.81. The highest BCUT2D eigenvalue weighted by Crippen LogP contribution is 2.52. The lowest BCUT2D eigenvalue weighted by molar-refractivity contribution is 0.353. The van der Waals surface area contributed by atoms with Crippen molar-refractivity contribution in [3.63, 3.8) is 0 Å². The Balaban J connectivity index is 0.000000157. The molecule has 1 nitrogen and oxygen atoms in total. The quantitative estimate of drug-likeness (QED) is 0.588. The van der Waals surface area contributed by atoms with Crippen molar-refractivity contribution >= 4 is 0 Å². The number of nitrogens with one attached hydrogen (secondary N) is 1. The maximum Gasteiger partial charge on any atom is -0.00436 e. The van der Waals surface area contributed by atoms with Crippen molar-refractivity contribution in [1.29, 1.82) is 0 Å². The third-order valence-corrected chi connectivity index (χ3v) is 2.62. The van der Waals surface area contributed by atoms with Gasteiger partial charge in [0.1, 0.15) is 0 Å². The zero-order valence-electron chi connectivity index (χ0n) is 8.82. The van der Waals surface area contributed by atoms with Crippen LogP contribution < -0.4 is 5.32 Å². The monoisotopic (exact) mass is 169 g/mol. The summed E-state index contributed by atoms with van der Waals surface area (Å²) < 4.78 is 0. The van der Waals surface area contributed by atoms with Crippen molar-refractivity contribution < 1.29 is 0 Å². The van der Waals surface area contributed by atoms with Crippen LogP contribution in [0.15, 0.2) is 0 Å². The Labute approximate surface area is 76.9 Å². The first kappa shape index (κ1) is 10.0. The van der Waals surface area contributed by atoms with Gasteiger partial charge in [0.25, 0.3) is 0 Å². The van der Waals surface area contributed by atoms with E-state index in [0.29, 0.717) is 0 Å². The van der Waals surface area contributed by atoms with Gasteiger partial charge in [-0.1, -0.05) is 20.8 Å². The minimum absolute atomic E-state index is 0.833. The van der Waals surface area contributed by atoms with Gasteiger partial charge in [-0.25, -0.2) is 0 Å². The van der Waals surface area contributed by atoms with E-state index in [2.05, 4.69) is 26.1 Å². The molecule has 0 atom stereocenters. The van der Waals surface area contributed by atoms with Crippen LogP contribution in [0.1, 0.15) is 46.5 Å². The molecule has 1 aliphatic heterocycles. The molecule has 1 heterocycles. The molecule has 0 bridgehead atoms. The van der Waals surface area contributed by atoms with Crippen LogP contribution in [0.3, 0.4) is 0 Å². The summed E-state index contributed by atoms with van der Waals surface area (Å²) in [6, 6.07) is 0. The largest absolute Gasteiger partial charge is 0.317 e. The molecule has 1 saturated carbocycles. The fourth-order valence-corrected chi connectivity index (χ4v) is 1.63. The molecule has 1 saturated heterocycles. The molecule has 0 unspecified atom stereocenters. The highest BCUT2D eigenvalue weighted by molar-refractivity contribution is 4.95. The average molecular weight is 169 g/mol. The molecule has 0 radical (unpaired) electrons. The Morgan fingerprint density at radius 2 is 1.33 bits per heavy atom. The van der Waals surface area contributed by atoms with Gasteiger partial charge in [0.05, 0.1) is 0 Å². The topological polar surface area (TPSA) is 12.0 Å². The molecule has 0 aromatic heterocycles. The van der Waals surface area contributed by atoms with Gasteiger partial charge in [-0.2, -0.15) is 0 Å². The minimum Gasteiger partial charge on any atom is -0.317 e. The molecular weight excluding hydrogens is 146 g/mol. The van der Waals surface area contributed by atoms with E-state index in [1.165, 1.54) is 38.8 Å². The van der Waals surface area contributed by atoms with E-state index in [0.717, 1.165) is 11.3 Å². The number of rotatable bonds is 0. The molecule has 72 valence electrons. The van der Waals surface area contributed by atoms with E-state index in [-0.39, 0.29) is 0 Å². The SMILES string of the molecule is C1CC2(CCN1)CC2.CC(C)C. The van der Waals surface area contributed by atoms with Gasteiger partial charge >= 0.3 is 0 Å². The molecule has 0 amide bonds. The van der Waals surface area contributed by atoms with Crippen LogP contribution in [-0.2, 0) is 0 Å². The standard InChI is InChI=1S/C7H13N.C4H10/c1-2-7(1)3-5-8-6-4-7;1-4(2)3/h8H,1-6H2;4H,1-3H3. The minimum atomic E-state index is 0.833. The van der Waals surface area contributed by atoms with Gasteiger partial charge in [0, 0.05) is 0 Å². The Morgan fingerprint density at radius 3 is 1.58 bits per heavy atom. The van der Waals surface area contributed by atoms with Crippen LogP contribution in [0, 0.1) is 11.3 Å². The smallest absolute Gasteiger partial charge is 0.00436 e. The summed E-state index contributed by atoms with van der Waals surface area (Å²) in [4.78, 5) is 0. The van der Waals surface area contributed by atoms with Gasteiger partial charge in [-0.05, 0) is 50.1 Å². The second-order valence-electron chi connectivity index (χ2n) is 4.98. The van der Waals surface area contributed by atoms with Crippen LogP contribution in [-0.4, -0.2) is 13.1 Å². The Bertz CT molecular complexity index is 114. The van der Waals surface area contributed by atoms with Gasteiger partial charge in [-0.3, -0.25) is 0 Å². The van der Waals surface area contributed by atoms with Crippen LogP contribution in [0.4, 0.5) is 0 Å². The van der Waals surface area contributed by atoms with E-state index >= 15 is 0 Å². The summed E-state index contributed by atoms with van der Waals surface area (Å²) in [7, 11) is 0. The van der Waals surface area contributed by atoms with E-state index in [1.807, 2.05) is 0 Å². The fraction of sp³-hybridized carbons (Fsp3) is 1.00. The average Bonchev–Trinajstić information content (AvgIpc) is 2.70. The normalized spacial score (nSPS) is 25.0. The third-order valence-electron chi connectivity index (χ3n) is 2.62. The maximum atomic E-state index is 3.38. The third kappa shape index (κ3) is 3.57. The number of piperidine rings is 1. The molecule has 2 fully saturated rings. The molecule has 0 aromatic rings. The van der Waals surface area contributed by atoms with E-state index in [1.54, 1.807) is 0 Å². The summed E-state index contributed by atoms with van der Waals surface area (Å²) in [5, 5.41) is 3.38. The molecule has 0 aromatic carbocycles. The Hall–Kier alpha value is -0.0400. The second-order valence-corrected chi connectivity index (χ2v) is 4.98. The van der Waals surface area contributed by atoms with Crippen molar-refractivity contribution in [2.75, 3.05) is 13.1 Å². The first-order valence-electron chi connectivity index (χ1n) is 5.35. The van der Waals surface area contributed by atoms with Gasteiger partial charge in [0.2, 0.25) is 0 Å². The lowest BCUT2D eigenvalue weighted by Gasteiger charge is -2.20. The van der Waals surface area contributed by atoms with Crippen LogP contribution in [0.2, 0.25) is 0 Å². The summed E-state index contributed by atoms with van der Waals surface area (Å²) in [5.74, 6) is 0.833. The fourth-order valence-electron chi connectivity index (χ4n) is 1.63. The van der Waals surface area contributed by atoms with Crippen molar-refractivity contribution in [2.45, 2.75) is 46.5 Å². The Kier molecular flexibility index (Phi) is 3.57. The zero-order valence-corrected chi connectivity index (χ0v) is 8.82. The zero-order chi connectivity index (χ0) is 9.03. The second kappa shape index (κ2) is 4.27. The van der Waals surface area contributed by atoms with E-state index < -0.39 is 0 Å². The summed E-state index contributed by atoms with van der Waals surface area (Å²) >= 11 is 0. The molecule has 12 heavy (non-hydrogen) atoms. The molecule has 2 aliphatic rings. The van der Waals surface area contributed by atoms with Crippen molar-refractivity contribution in [3.8, 4) is 0 Å². The lowest BCUT2D eigenvalue weighted by Crippen LogP contribution is -2.28. The highest BCUT2D eigenvalue weighted by atomic mass is 14.9. The molecule has 2 rings (SSSR count). The van der Waals surface area contributed by atoms with Crippen molar-refractivity contribution in [2.24, 2.45) is 11.3 Å². The number of hydrogen-bond acceptors (Lipinski definition) is 1. The summed E-state index contributed by atoms with van der Waals surface area (Å²) in [5.41, 5.74) is 0.866. The van der Waals surface area contributed by atoms with Crippen molar-refractivity contribution in [1.82, 2.24) is 5.32 Å². The summed E-state index contributed by atoms with van der Waals surface area (Å²) in [6.45, 7) is 9.06. The maximum absolute atomic E-state index is 3.38. The van der Waals surface area contributed by atoms with Crippen molar-refractivity contribution in [3.05, 3.63) is 0 Å². The van der Waals surface area contributed by atoms with Gasteiger partial charge in [0.15, 0.2) is 0 Å². The molecular formula is C11H23N. The van der Waals surface area contributed by atoms with E-state index in [4.69, 9.17) is 0 Å². The first-order valence-corrected chi connectivity index (χ1v) is 5.35. The molecule has 1 aliphatic carbocycles. The van der Waals surface area contributed by atoms with E-state index in [9.17, 15) is 0 Å². The first-order chi connectivity index (χ1) is 5.65. The molecule has 1 spiro atoms. The molecule has 1 heteroatoms. The molecule has 1 N–H and O–H groups in total. The predicted molar refractivity (Wildman–Crippen MR) is 54.3 cm³/mol. The Morgan fingerprint density at radius 1 is 0.917 bits per heavy atom. The van der Waals surface area contributed by atoms with Crippen LogP contribution >= 0.6 is 0 Å². The highest BCUT2D eigenvalue weighted by Gasteiger charge is 2.42. The summed E-state index contributed by atoms with van der Waals surface area (Å²) in [6.07, 6.45) is 5.95. The van der Waals surface area contributed by atoms with Gasteiger partial charge in [-0.15, -0.1) is 0 Å². The van der Waals surface area contributed by atoms with Crippen LogP contribution in [0.25, 0.3) is 0 Å².